The van der Waals surface area contributed by atoms with Crippen LogP contribution in [0.15, 0.2) is 24.3 Å². The van der Waals surface area contributed by atoms with Crippen LogP contribution in [0, 0.1) is 5.92 Å². The Hall–Kier alpha value is -2.09. The lowest BCUT2D eigenvalue weighted by Gasteiger charge is -2.42. The van der Waals surface area contributed by atoms with Crippen LogP contribution in [-0.2, 0) is 15.7 Å². The highest BCUT2D eigenvalue weighted by molar-refractivity contribution is 5.98. The predicted molar refractivity (Wildman–Crippen MR) is 85.4 cm³/mol. The van der Waals surface area contributed by atoms with Crippen molar-refractivity contribution in [3.63, 3.8) is 0 Å². The predicted octanol–water partition coefficient (Wildman–Crippen LogP) is 3.54. The fraction of sp³-hybridized carbons (Fsp3) is 0.556. The number of carbonyl (C=O) groups is 2. The number of rotatable bonds is 2. The van der Waals surface area contributed by atoms with Gasteiger partial charge in [0.2, 0.25) is 0 Å². The summed E-state index contributed by atoms with van der Waals surface area (Å²) in [4.78, 5) is 25.7. The van der Waals surface area contributed by atoms with Crippen LogP contribution in [0.1, 0.15) is 48.5 Å². The van der Waals surface area contributed by atoms with Gasteiger partial charge in [-0.25, -0.2) is 4.79 Å². The summed E-state index contributed by atoms with van der Waals surface area (Å²) in [5.74, 6) is -1.83. The summed E-state index contributed by atoms with van der Waals surface area (Å²) in [6.07, 6.45) is -2.44. The van der Waals surface area contributed by atoms with Crippen LogP contribution < -0.4 is 0 Å². The van der Waals surface area contributed by atoms with Crippen LogP contribution in [0.3, 0.4) is 0 Å². The second kappa shape index (κ2) is 6.57. The maximum absolute atomic E-state index is 13.3. The van der Waals surface area contributed by atoms with Crippen LogP contribution in [-0.4, -0.2) is 40.3 Å². The van der Waals surface area contributed by atoms with E-state index in [0.717, 1.165) is 29.9 Å². The summed E-state index contributed by atoms with van der Waals surface area (Å²) in [6, 6.07) is 3.16. The zero-order valence-electron chi connectivity index (χ0n) is 14.3. The minimum absolute atomic E-state index is 0.219. The molecule has 1 aromatic rings. The van der Waals surface area contributed by atoms with Gasteiger partial charge in [-0.15, -0.1) is 0 Å². The molecule has 0 bridgehead atoms. The lowest BCUT2D eigenvalue weighted by molar-refractivity contribution is -0.143. The van der Waals surface area contributed by atoms with Crippen molar-refractivity contribution in [2.75, 3.05) is 6.61 Å². The second-order valence-corrected chi connectivity index (χ2v) is 7.01. The largest absolute Gasteiger partial charge is 0.480 e. The summed E-state index contributed by atoms with van der Waals surface area (Å²) in [5.41, 5.74) is -2.76. The fourth-order valence-electron chi connectivity index (χ4n) is 3.82. The Balaban J connectivity index is 2.03. The van der Waals surface area contributed by atoms with E-state index in [0.29, 0.717) is 18.8 Å². The molecule has 2 aliphatic rings. The number of alkyl halides is 3. The van der Waals surface area contributed by atoms with Gasteiger partial charge in [0.15, 0.2) is 6.04 Å². The lowest BCUT2D eigenvalue weighted by Crippen LogP contribution is -2.55. The van der Waals surface area contributed by atoms with E-state index >= 15 is 0 Å². The molecule has 1 aromatic carbocycles. The summed E-state index contributed by atoms with van der Waals surface area (Å²) < 4.78 is 45.7. The van der Waals surface area contributed by atoms with Gasteiger partial charge in [0.05, 0.1) is 17.7 Å². The number of hydrogen-bond donors (Lipinski definition) is 1. The maximum atomic E-state index is 13.3. The molecule has 1 saturated heterocycles. The van der Waals surface area contributed by atoms with Crippen LogP contribution in [0.5, 0.6) is 0 Å². The topological polar surface area (TPSA) is 66.8 Å². The zero-order valence-corrected chi connectivity index (χ0v) is 14.3. The molecular weight excluding hydrogens is 351 g/mol. The van der Waals surface area contributed by atoms with Crippen molar-refractivity contribution in [2.24, 2.45) is 5.92 Å². The van der Waals surface area contributed by atoms with Gasteiger partial charge in [0.1, 0.15) is 5.72 Å². The molecule has 1 unspecified atom stereocenters. The molecule has 1 aliphatic carbocycles. The van der Waals surface area contributed by atoms with E-state index < -0.39 is 40.9 Å². The number of carboxylic acid groups (broad SMARTS) is 1. The molecule has 5 nitrogen and oxygen atoms in total. The van der Waals surface area contributed by atoms with Crippen LogP contribution in [0.2, 0.25) is 0 Å². The smallest absolute Gasteiger partial charge is 0.417 e. The fourth-order valence-corrected chi connectivity index (χ4v) is 3.82. The number of nitrogens with zero attached hydrogens (tertiary/aromatic N) is 1. The first kappa shape index (κ1) is 18.7. The number of hydrogen-bond acceptors (Lipinski definition) is 3. The molecular formula is C18H20F3NO4. The van der Waals surface area contributed by atoms with Gasteiger partial charge in [0.25, 0.3) is 5.91 Å². The molecule has 1 amide bonds. The van der Waals surface area contributed by atoms with E-state index in [1.165, 1.54) is 12.1 Å². The molecule has 0 aromatic heterocycles. The van der Waals surface area contributed by atoms with E-state index in [1.807, 2.05) is 6.92 Å². The molecule has 1 spiro atoms. The third-order valence-corrected chi connectivity index (χ3v) is 5.28. The minimum atomic E-state index is -4.71. The van der Waals surface area contributed by atoms with Crippen molar-refractivity contribution in [3.05, 3.63) is 35.4 Å². The van der Waals surface area contributed by atoms with Crippen molar-refractivity contribution >= 4 is 11.9 Å². The van der Waals surface area contributed by atoms with Crippen LogP contribution >= 0.6 is 0 Å². The monoisotopic (exact) mass is 371 g/mol. The van der Waals surface area contributed by atoms with E-state index in [4.69, 9.17) is 4.74 Å². The van der Waals surface area contributed by atoms with Gasteiger partial charge < -0.3 is 9.84 Å². The number of halogens is 3. The van der Waals surface area contributed by atoms with Gasteiger partial charge in [-0.05, 0) is 43.7 Å². The highest BCUT2D eigenvalue weighted by atomic mass is 19.4. The van der Waals surface area contributed by atoms with Crippen molar-refractivity contribution in [3.8, 4) is 0 Å². The van der Waals surface area contributed by atoms with Gasteiger partial charge in [0, 0.05) is 0 Å². The van der Waals surface area contributed by atoms with Gasteiger partial charge in [-0.3, -0.25) is 9.69 Å². The summed E-state index contributed by atoms with van der Waals surface area (Å²) in [6.45, 7) is 1.82. The first-order valence-electron chi connectivity index (χ1n) is 8.52. The number of ether oxygens (including phenoxy) is 1. The third kappa shape index (κ3) is 3.18. The molecule has 2 fully saturated rings. The first-order chi connectivity index (χ1) is 12.2. The SMILES string of the molecule is CC1CCC2(CC1)OCC(C(=O)O)N2C(=O)c1ccccc1C(F)(F)F. The standard InChI is InChI=1S/C18H20F3NO4/c1-11-6-8-17(9-7-11)22(14(10-26-17)16(24)25)15(23)12-4-2-3-5-13(12)18(19,20)21/h2-5,11,14H,6-10H2,1H3,(H,24,25). The lowest BCUT2D eigenvalue weighted by atomic mass is 9.83. The average molecular weight is 371 g/mol. The van der Waals surface area contributed by atoms with Crippen LogP contribution in [0.4, 0.5) is 13.2 Å². The van der Waals surface area contributed by atoms with Crippen molar-refractivity contribution in [1.29, 1.82) is 0 Å². The molecule has 1 N–H and O–H groups in total. The summed E-state index contributed by atoms with van der Waals surface area (Å²) in [7, 11) is 0. The highest BCUT2D eigenvalue weighted by Gasteiger charge is 2.54. The Bertz CT molecular complexity index is 711. The Morgan fingerprint density at radius 3 is 2.42 bits per heavy atom. The highest BCUT2D eigenvalue weighted by Crippen LogP contribution is 2.44. The molecule has 26 heavy (non-hydrogen) atoms. The number of carbonyl (C=O) groups excluding carboxylic acids is 1. The number of amides is 1. The minimum Gasteiger partial charge on any atom is -0.480 e. The van der Waals surface area contributed by atoms with Crippen molar-refractivity contribution < 1.29 is 32.6 Å². The van der Waals surface area contributed by atoms with Crippen LogP contribution in [0.25, 0.3) is 0 Å². The maximum Gasteiger partial charge on any atom is 0.417 e. The Morgan fingerprint density at radius 2 is 1.85 bits per heavy atom. The van der Waals surface area contributed by atoms with E-state index in [1.54, 1.807) is 0 Å². The summed E-state index contributed by atoms with van der Waals surface area (Å²) in [5, 5.41) is 9.48. The molecule has 1 saturated carbocycles. The molecule has 142 valence electrons. The first-order valence-corrected chi connectivity index (χ1v) is 8.52. The van der Waals surface area contributed by atoms with E-state index in [2.05, 4.69) is 0 Å². The molecule has 1 heterocycles. The molecule has 1 aliphatic heterocycles. The normalized spacial score (nSPS) is 29.2. The molecule has 1 atom stereocenters. The Kier molecular flexibility index (Phi) is 4.72. The van der Waals surface area contributed by atoms with E-state index in [-0.39, 0.29) is 6.61 Å². The Morgan fingerprint density at radius 1 is 1.23 bits per heavy atom. The number of benzene rings is 1. The molecule has 3 rings (SSSR count). The quantitative estimate of drug-likeness (QED) is 0.864. The van der Waals surface area contributed by atoms with Crippen molar-refractivity contribution in [1.82, 2.24) is 4.90 Å². The number of carboxylic acids is 1. The number of aliphatic carboxylic acids is 1. The second-order valence-electron chi connectivity index (χ2n) is 7.01. The Labute approximate surface area is 148 Å². The van der Waals surface area contributed by atoms with Gasteiger partial charge in [-0.2, -0.15) is 13.2 Å². The zero-order chi connectivity index (χ0) is 19.1. The third-order valence-electron chi connectivity index (χ3n) is 5.28. The van der Waals surface area contributed by atoms with Gasteiger partial charge >= 0.3 is 12.1 Å². The molecule has 0 radical (unpaired) electrons. The summed E-state index contributed by atoms with van der Waals surface area (Å²) >= 11 is 0. The van der Waals surface area contributed by atoms with Crippen molar-refractivity contribution in [2.45, 2.75) is 50.6 Å². The average Bonchev–Trinajstić information content (AvgIpc) is 2.95. The van der Waals surface area contributed by atoms with Gasteiger partial charge in [-0.1, -0.05) is 19.1 Å². The molecule has 8 heteroatoms. The van der Waals surface area contributed by atoms with E-state index in [9.17, 15) is 27.9 Å².